The van der Waals surface area contributed by atoms with E-state index in [0.29, 0.717) is 34.4 Å². The zero-order valence-electron chi connectivity index (χ0n) is 65.4. The third-order valence-electron chi connectivity index (χ3n) is 21.4. The van der Waals surface area contributed by atoms with Crippen molar-refractivity contribution in [2.45, 2.75) is 156 Å². The van der Waals surface area contributed by atoms with Crippen LogP contribution in [0.3, 0.4) is 0 Å². The first-order valence-corrected chi connectivity index (χ1v) is 38.2. The molecule has 0 saturated heterocycles. The number of esters is 2. The minimum Gasteiger partial charge on any atom is -0.457 e. The number of hydrogen-bond acceptors (Lipinski definition) is 14. The molecule has 16 nitrogen and oxygen atoms in total. The number of amides is 4. The minimum absolute atomic E-state index is 0.0332. The summed E-state index contributed by atoms with van der Waals surface area (Å²) >= 11 is 0. The van der Waals surface area contributed by atoms with E-state index in [1.165, 1.54) is 0 Å². The van der Waals surface area contributed by atoms with Crippen molar-refractivity contribution in [2.75, 3.05) is 0 Å². The fraction of sp³-hybridized carbons (Fsp3) is 0.250. The zero-order chi connectivity index (χ0) is 78.9. The van der Waals surface area contributed by atoms with Crippen molar-refractivity contribution in [2.24, 2.45) is 0 Å². The molecule has 2 atom stereocenters. The Kier molecular flexibility index (Phi) is 19.8. The number of ether oxygens (including phenoxy) is 6. The van der Waals surface area contributed by atoms with Gasteiger partial charge in [-0.15, -0.1) is 0 Å². The number of fused-ring (bicyclic) bond motifs is 2. The predicted molar refractivity (Wildman–Crippen MR) is 436 cm³/mol. The van der Waals surface area contributed by atoms with E-state index >= 15 is 28.8 Å². The molecule has 0 spiro atoms. The van der Waals surface area contributed by atoms with Gasteiger partial charge in [0.05, 0.1) is 22.3 Å². The highest BCUT2D eigenvalue weighted by molar-refractivity contribution is 6.45. The number of aromatic nitrogens is 2. The molecule has 0 radical (unpaired) electrons. The monoisotopic (exact) mass is 1490 g/mol. The van der Waals surface area contributed by atoms with Crippen LogP contribution in [0.4, 0.5) is 0 Å². The summed E-state index contributed by atoms with van der Waals surface area (Å²) in [4.78, 5) is 109. The Morgan fingerprint density at radius 2 is 0.571 bits per heavy atom. The van der Waals surface area contributed by atoms with Gasteiger partial charge in [0, 0.05) is 79.7 Å². The van der Waals surface area contributed by atoms with Gasteiger partial charge in [-0.3, -0.25) is 38.9 Å². The molecule has 0 N–H and O–H groups in total. The van der Waals surface area contributed by atoms with Gasteiger partial charge in [0.2, 0.25) is 0 Å². The molecule has 4 amide bonds. The summed E-state index contributed by atoms with van der Waals surface area (Å²) in [7, 11) is 0. The van der Waals surface area contributed by atoms with Crippen LogP contribution in [0.2, 0.25) is 0 Å². The maximum Gasteiger partial charge on any atom is 0.335 e. The Bertz CT molecular complexity index is 5230. The van der Waals surface area contributed by atoms with Crippen LogP contribution in [0.5, 0.6) is 57.5 Å². The van der Waals surface area contributed by atoms with Crippen molar-refractivity contribution in [3.05, 3.63) is 286 Å². The van der Waals surface area contributed by atoms with Gasteiger partial charge in [0.25, 0.3) is 23.6 Å². The lowest BCUT2D eigenvalue weighted by atomic mass is 9.80. The molecule has 15 rings (SSSR count). The first-order chi connectivity index (χ1) is 53.6. The van der Waals surface area contributed by atoms with E-state index in [4.69, 9.17) is 28.4 Å². The van der Waals surface area contributed by atoms with Crippen molar-refractivity contribution in [1.82, 2.24) is 19.8 Å². The van der Waals surface area contributed by atoms with Gasteiger partial charge >= 0.3 is 11.9 Å². The van der Waals surface area contributed by atoms with Crippen molar-refractivity contribution < 1.29 is 57.2 Å². The highest BCUT2D eigenvalue weighted by Gasteiger charge is 2.48. The minimum atomic E-state index is -1.62. The van der Waals surface area contributed by atoms with Crippen LogP contribution in [0.25, 0.3) is 43.1 Å². The van der Waals surface area contributed by atoms with E-state index in [1.54, 1.807) is 97.3 Å². The number of carbonyl (C=O) groups is 6. The van der Waals surface area contributed by atoms with Crippen molar-refractivity contribution in [1.29, 1.82) is 0 Å². The molecular formula is C96H88N4O12. The lowest BCUT2D eigenvalue weighted by Gasteiger charge is -2.35. The zero-order valence-corrected chi connectivity index (χ0v) is 65.4. The second-order valence-electron chi connectivity index (χ2n) is 32.4. The average molecular weight is 1490 g/mol. The van der Waals surface area contributed by atoms with Crippen LogP contribution >= 0.6 is 0 Å². The number of benzene rings is 11. The van der Waals surface area contributed by atoms with Crippen molar-refractivity contribution in [3.63, 3.8) is 0 Å². The number of hydrogen-bond donors (Lipinski definition) is 0. The standard InChI is InChI=1S/C96H88N4O12/c1-53(2)57-21-33-65(34-22-57)107-77-49-71-81-72(90(102)99(89(71)101)75(47-63-19-15-17-45-97-63)93(105)111-69-41-29-61(30-42-69)95(9,10)11)51-79(109-67-37-25-59(26-38-67)55(5)6)85-86-80(110-68-39-27-60(28-40-68)56(7)8)52-74-82-73(50-78(84(88(82)86)83(77)87(81)85)108-66-35-23-58(24-36-66)54(3)4)91(103)100(92(74)104)76(48-64-20-16-18-46-98-64)94(106)112-70-43-31-62(32-44-70)96(12,13)14/h15-46,49-56,75-76H,47-48H2,1-14H3. The largest absolute Gasteiger partial charge is 0.457 e. The number of imide groups is 2. The van der Waals surface area contributed by atoms with Crippen LogP contribution in [0.1, 0.15) is 207 Å². The van der Waals surface area contributed by atoms with Crippen molar-refractivity contribution in [3.8, 4) is 57.5 Å². The fourth-order valence-electron chi connectivity index (χ4n) is 15.0. The molecule has 112 heavy (non-hydrogen) atoms. The molecule has 0 fully saturated rings. The first kappa shape index (κ1) is 74.9. The van der Waals surface area contributed by atoms with Gasteiger partial charge in [-0.1, -0.05) is 182 Å². The molecule has 2 aliphatic heterocycles. The van der Waals surface area contributed by atoms with E-state index in [-0.39, 0.29) is 147 Å². The van der Waals surface area contributed by atoms with Crippen LogP contribution in [0.15, 0.2) is 219 Å². The van der Waals surface area contributed by atoms with E-state index in [2.05, 4.69) is 107 Å². The maximum atomic E-state index is 16.7. The second kappa shape index (κ2) is 29.7. The molecule has 11 aromatic carbocycles. The fourth-order valence-corrected chi connectivity index (χ4v) is 15.0. The summed E-state index contributed by atoms with van der Waals surface area (Å²) in [5, 5.41) is 1.93. The Hall–Kier alpha value is -12.6. The molecule has 13 aromatic rings. The Balaban J connectivity index is 1.06. The van der Waals surface area contributed by atoms with Gasteiger partial charge < -0.3 is 28.4 Å². The molecule has 4 heterocycles. The molecule has 0 aliphatic carbocycles. The summed E-state index contributed by atoms with van der Waals surface area (Å²) in [6.07, 6.45) is 2.66. The SMILES string of the molecule is CC(C)c1ccc(Oc2cc3c4c(cc(Oc5ccc(C(C)C)cc5)c5c6c(Oc7ccc(C(C)C)cc7)cc7c8c(cc(Oc9ccc(C(C)C)cc9)c(c2c45)c86)C(=O)N(C(Cc2ccccn2)C(=O)Oc2ccc(C(C)(C)C)cc2)C7=O)C(=O)N(C(Cc2ccccn2)C(=O)Oc2ccc(C(C)(C)C)cc2)C3=O)cc1. The Morgan fingerprint density at radius 3 is 0.795 bits per heavy atom. The summed E-state index contributed by atoms with van der Waals surface area (Å²) in [6.45, 7) is 29.2. The van der Waals surface area contributed by atoms with Crippen LogP contribution in [0, 0.1) is 0 Å². The lowest BCUT2D eigenvalue weighted by molar-refractivity contribution is -0.139. The Labute approximate surface area is 651 Å². The third kappa shape index (κ3) is 14.3. The molecule has 2 aliphatic rings. The lowest BCUT2D eigenvalue weighted by Crippen LogP contribution is -2.53. The van der Waals surface area contributed by atoms with Gasteiger partial charge in [-0.2, -0.15) is 0 Å². The number of carbonyl (C=O) groups excluding carboxylic acids is 6. The molecule has 2 unspecified atom stereocenters. The van der Waals surface area contributed by atoms with Crippen LogP contribution in [-0.2, 0) is 33.3 Å². The van der Waals surface area contributed by atoms with E-state index < -0.39 is 47.7 Å². The average Bonchev–Trinajstić information content (AvgIpc) is 0.670. The van der Waals surface area contributed by atoms with E-state index in [1.807, 2.05) is 121 Å². The number of rotatable bonds is 22. The topological polar surface area (TPSA) is 190 Å². The first-order valence-electron chi connectivity index (χ1n) is 38.2. The van der Waals surface area contributed by atoms with E-state index in [0.717, 1.165) is 43.2 Å². The van der Waals surface area contributed by atoms with Gasteiger partial charge in [-0.25, -0.2) is 9.59 Å². The van der Waals surface area contributed by atoms with Gasteiger partial charge in [-0.05, 0) is 189 Å². The molecule has 16 heteroatoms. The number of pyridine rings is 2. The quantitative estimate of drug-likeness (QED) is 0.0205. The highest BCUT2D eigenvalue weighted by Crippen LogP contribution is 2.58. The summed E-state index contributed by atoms with van der Waals surface area (Å²) < 4.78 is 42.0. The predicted octanol–water partition coefficient (Wildman–Crippen LogP) is 22.4. The van der Waals surface area contributed by atoms with E-state index in [9.17, 15) is 0 Å². The van der Waals surface area contributed by atoms with Crippen LogP contribution < -0.4 is 28.4 Å². The molecule has 0 saturated carbocycles. The molecule has 2 aromatic heterocycles. The van der Waals surface area contributed by atoms with Crippen molar-refractivity contribution >= 4 is 78.7 Å². The summed E-state index contributed by atoms with van der Waals surface area (Å²) in [5.41, 5.74) is 6.26. The molecule has 0 bridgehead atoms. The second-order valence-corrected chi connectivity index (χ2v) is 32.4. The summed E-state index contributed by atoms with van der Waals surface area (Å²) in [6, 6.07) is 58.2. The molecule has 564 valence electrons. The molecular weight excluding hydrogens is 1400 g/mol. The van der Waals surface area contributed by atoms with Gasteiger partial charge in [0.15, 0.2) is 0 Å². The van der Waals surface area contributed by atoms with Crippen LogP contribution in [-0.4, -0.2) is 67.4 Å². The normalized spacial score (nSPS) is 13.7. The third-order valence-corrected chi connectivity index (χ3v) is 21.4. The Morgan fingerprint density at radius 1 is 0.321 bits per heavy atom. The smallest absolute Gasteiger partial charge is 0.335 e. The number of nitrogens with zero attached hydrogens (tertiary/aromatic N) is 4. The van der Waals surface area contributed by atoms with Gasteiger partial charge in [0.1, 0.15) is 69.6 Å². The maximum absolute atomic E-state index is 16.7. The highest BCUT2D eigenvalue weighted by atomic mass is 16.5. The summed E-state index contributed by atoms with van der Waals surface area (Å²) in [5.74, 6) is -2.63.